The Kier molecular flexibility index (Phi) is 5.74. The van der Waals surface area contributed by atoms with Crippen molar-refractivity contribution in [3.05, 3.63) is 40.5 Å². The SMILES string of the molecule is CC12C[C@@H](C(=O)OC(C(F)(F)F)C(F)(F)F)C(C)(O1)c1c2c(O)n(-c2ccc(C#N)c(C(F)(F)F)c2)c1O. The van der Waals surface area contributed by atoms with Gasteiger partial charge < -0.3 is 19.7 Å². The summed E-state index contributed by atoms with van der Waals surface area (Å²) in [6.07, 6.45) is -22.0. The fraction of sp³-hybridized carbons (Fsp3) is 0.455. The topological polar surface area (TPSA) is 105 Å². The van der Waals surface area contributed by atoms with Crippen LogP contribution in [0.5, 0.6) is 11.8 Å². The smallest absolute Gasteiger partial charge is 0.434 e. The van der Waals surface area contributed by atoms with Gasteiger partial charge in [-0.15, -0.1) is 0 Å². The molecule has 2 N–H and O–H groups in total. The number of hydrogen-bond donors (Lipinski definition) is 2. The summed E-state index contributed by atoms with van der Waals surface area (Å²) in [7, 11) is 0. The Bertz CT molecular complexity index is 1360. The molecular formula is C22H15F9N2O5. The number of alkyl halides is 9. The normalized spacial score (nSPS) is 25.0. The molecular weight excluding hydrogens is 543 g/mol. The Labute approximate surface area is 206 Å². The Balaban J connectivity index is 1.81. The standard InChI is InChI=1S/C22H15F9N2O5/c1-18-6-11(16(36)37-17(21(26,27)28)22(29,30)31)19(2,38-18)13-12(18)14(34)33(15(13)35)9-4-3-8(7-32)10(5-9)20(23,24)25/h3-5,11,17,34-35H,6H2,1-2H3/t11-,18?,19?/m0/s1. The third kappa shape index (κ3) is 3.91. The maximum atomic E-state index is 13.4. The number of nitriles is 1. The number of nitrogens with zero attached hydrogens (tertiary/aromatic N) is 2. The second kappa shape index (κ2) is 7.95. The largest absolute Gasteiger partial charge is 0.494 e. The maximum Gasteiger partial charge on any atom is 0.434 e. The fourth-order valence-electron chi connectivity index (χ4n) is 5.14. The van der Waals surface area contributed by atoms with Crippen LogP contribution in [0.25, 0.3) is 5.69 Å². The molecule has 0 radical (unpaired) electrons. The minimum absolute atomic E-state index is 0.234. The molecule has 0 spiro atoms. The summed E-state index contributed by atoms with van der Waals surface area (Å²) in [5.41, 5.74) is -7.22. The molecule has 0 aliphatic carbocycles. The number of halogens is 9. The van der Waals surface area contributed by atoms with E-state index in [9.17, 15) is 54.5 Å². The highest BCUT2D eigenvalue weighted by molar-refractivity contribution is 5.78. The number of esters is 1. The molecule has 3 heterocycles. The number of aromatic nitrogens is 1. The first-order chi connectivity index (χ1) is 17.2. The van der Waals surface area contributed by atoms with Gasteiger partial charge in [-0.05, 0) is 38.5 Å². The Hall–Kier alpha value is -3.61. The minimum atomic E-state index is -5.99. The lowest BCUT2D eigenvalue weighted by molar-refractivity contribution is -0.315. The van der Waals surface area contributed by atoms with Gasteiger partial charge in [-0.2, -0.15) is 44.8 Å². The van der Waals surface area contributed by atoms with Gasteiger partial charge in [-0.1, -0.05) is 0 Å². The number of aromatic hydroxyl groups is 2. The zero-order valence-corrected chi connectivity index (χ0v) is 19.0. The van der Waals surface area contributed by atoms with E-state index in [0.717, 1.165) is 19.1 Å². The van der Waals surface area contributed by atoms with Crippen molar-refractivity contribution in [2.24, 2.45) is 5.92 Å². The highest BCUT2D eigenvalue weighted by atomic mass is 19.4. The van der Waals surface area contributed by atoms with Crippen molar-refractivity contribution in [3.63, 3.8) is 0 Å². The van der Waals surface area contributed by atoms with Gasteiger partial charge in [0.2, 0.25) is 11.8 Å². The molecule has 1 aromatic heterocycles. The van der Waals surface area contributed by atoms with Gasteiger partial charge in [-0.3, -0.25) is 9.36 Å². The Morgan fingerprint density at radius 2 is 1.63 bits per heavy atom. The van der Waals surface area contributed by atoms with E-state index >= 15 is 0 Å². The molecule has 3 atom stereocenters. The lowest BCUT2D eigenvalue weighted by Gasteiger charge is -2.30. The van der Waals surface area contributed by atoms with Crippen molar-refractivity contribution in [2.45, 2.75) is 56.1 Å². The van der Waals surface area contributed by atoms with E-state index in [1.165, 1.54) is 13.0 Å². The van der Waals surface area contributed by atoms with E-state index in [4.69, 9.17) is 10.00 Å². The molecule has 0 amide bonds. The van der Waals surface area contributed by atoms with Crippen LogP contribution >= 0.6 is 0 Å². The van der Waals surface area contributed by atoms with Gasteiger partial charge in [0.1, 0.15) is 5.60 Å². The second-order valence-corrected chi connectivity index (χ2v) is 9.17. The zero-order chi connectivity index (χ0) is 28.8. The summed E-state index contributed by atoms with van der Waals surface area (Å²) in [6.45, 7) is 2.27. The van der Waals surface area contributed by atoms with Crippen LogP contribution in [-0.4, -0.2) is 39.2 Å². The number of carbonyl (C=O) groups excluding carboxylic acids is 1. The van der Waals surface area contributed by atoms with Crippen LogP contribution in [0.1, 0.15) is 42.5 Å². The second-order valence-electron chi connectivity index (χ2n) is 9.17. The van der Waals surface area contributed by atoms with Gasteiger partial charge in [0.25, 0.3) is 6.10 Å². The molecule has 38 heavy (non-hydrogen) atoms. The molecule has 1 fully saturated rings. The number of hydrogen-bond acceptors (Lipinski definition) is 6. The van der Waals surface area contributed by atoms with Crippen LogP contribution < -0.4 is 0 Å². The number of ether oxygens (including phenoxy) is 2. The van der Waals surface area contributed by atoms with Gasteiger partial charge in [0, 0.05) is 0 Å². The number of fused-ring (bicyclic) bond motifs is 5. The van der Waals surface area contributed by atoms with E-state index in [1.807, 2.05) is 0 Å². The van der Waals surface area contributed by atoms with Crippen LogP contribution in [0.3, 0.4) is 0 Å². The van der Waals surface area contributed by atoms with Crippen molar-refractivity contribution < 1.29 is 64.0 Å². The third-order valence-electron chi connectivity index (χ3n) is 6.64. The number of benzene rings is 1. The summed E-state index contributed by atoms with van der Waals surface area (Å²) in [6, 6.07) is 3.53. The van der Waals surface area contributed by atoms with Crippen LogP contribution in [0.4, 0.5) is 39.5 Å². The lowest BCUT2D eigenvalue weighted by atomic mass is 9.72. The van der Waals surface area contributed by atoms with E-state index in [0.29, 0.717) is 10.6 Å². The maximum absolute atomic E-state index is 13.4. The van der Waals surface area contributed by atoms with Crippen LogP contribution in [-0.2, 0) is 31.6 Å². The quantitative estimate of drug-likeness (QED) is 0.392. The summed E-state index contributed by atoms with van der Waals surface area (Å²) in [4.78, 5) is 12.6. The third-order valence-corrected chi connectivity index (χ3v) is 6.64. The van der Waals surface area contributed by atoms with E-state index in [-0.39, 0.29) is 5.56 Å². The molecule has 0 saturated carbocycles. The molecule has 4 rings (SSSR count). The minimum Gasteiger partial charge on any atom is -0.494 e. The van der Waals surface area contributed by atoms with Crippen molar-refractivity contribution in [2.75, 3.05) is 0 Å². The van der Waals surface area contributed by atoms with Crippen molar-refractivity contribution in [3.8, 4) is 23.5 Å². The molecule has 1 aromatic carbocycles. The first kappa shape index (κ1) is 27.4. The average molecular weight is 558 g/mol. The summed E-state index contributed by atoms with van der Waals surface area (Å²) < 4.78 is 128. The van der Waals surface area contributed by atoms with E-state index < -0.39 is 88.3 Å². The molecule has 1 saturated heterocycles. The molecule has 16 heteroatoms. The molecule has 206 valence electrons. The molecule has 2 bridgehead atoms. The first-order valence-corrected chi connectivity index (χ1v) is 10.5. The highest BCUT2D eigenvalue weighted by Gasteiger charge is 2.68. The van der Waals surface area contributed by atoms with Gasteiger partial charge >= 0.3 is 24.5 Å². The van der Waals surface area contributed by atoms with E-state index in [2.05, 4.69) is 4.74 Å². The van der Waals surface area contributed by atoms with Crippen molar-refractivity contribution in [1.82, 2.24) is 4.57 Å². The van der Waals surface area contributed by atoms with Crippen molar-refractivity contribution >= 4 is 5.97 Å². The number of rotatable bonds is 3. The average Bonchev–Trinajstić information content (AvgIpc) is 3.29. The lowest BCUT2D eigenvalue weighted by Crippen LogP contribution is -2.48. The van der Waals surface area contributed by atoms with Crippen LogP contribution in [0.2, 0.25) is 0 Å². The monoisotopic (exact) mass is 558 g/mol. The first-order valence-electron chi connectivity index (χ1n) is 10.5. The van der Waals surface area contributed by atoms with Gasteiger partial charge in [-0.25, -0.2) is 0 Å². The molecule has 7 nitrogen and oxygen atoms in total. The molecule has 2 aromatic rings. The highest BCUT2D eigenvalue weighted by Crippen LogP contribution is 2.66. The Morgan fingerprint density at radius 3 is 2.13 bits per heavy atom. The van der Waals surface area contributed by atoms with Crippen LogP contribution in [0.15, 0.2) is 18.2 Å². The summed E-state index contributed by atoms with van der Waals surface area (Å²) in [5.74, 6) is -5.62. The van der Waals surface area contributed by atoms with Gasteiger partial charge in [0.05, 0.1) is 45.5 Å². The van der Waals surface area contributed by atoms with Crippen LogP contribution in [0, 0.1) is 17.2 Å². The Morgan fingerprint density at radius 1 is 1.08 bits per heavy atom. The summed E-state index contributed by atoms with van der Waals surface area (Å²) >= 11 is 0. The number of carbonyl (C=O) groups is 1. The van der Waals surface area contributed by atoms with E-state index in [1.54, 1.807) is 0 Å². The molecule has 2 aliphatic rings. The predicted molar refractivity (Wildman–Crippen MR) is 105 cm³/mol. The van der Waals surface area contributed by atoms with Gasteiger partial charge in [0.15, 0.2) is 0 Å². The molecule has 2 aliphatic heterocycles. The zero-order valence-electron chi connectivity index (χ0n) is 19.0. The predicted octanol–water partition coefficient (Wildman–Crippen LogP) is 5.30. The summed E-state index contributed by atoms with van der Waals surface area (Å²) in [5, 5.41) is 30.7. The molecule has 2 unspecified atom stereocenters. The van der Waals surface area contributed by atoms with Crippen molar-refractivity contribution in [1.29, 1.82) is 5.26 Å². The fourth-order valence-corrected chi connectivity index (χ4v) is 5.14.